The van der Waals surface area contributed by atoms with E-state index in [0.717, 1.165) is 24.6 Å². The Bertz CT molecular complexity index is 485. The highest BCUT2D eigenvalue weighted by molar-refractivity contribution is 5.77. The number of aliphatic hydroxyl groups excluding tert-OH is 1. The summed E-state index contributed by atoms with van der Waals surface area (Å²) in [5, 5.41) is 10.1. The summed E-state index contributed by atoms with van der Waals surface area (Å²) < 4.78 is 5.68. The number of β-amino-alcohol motifs (C(OH)–C–C–N with tert-alkyl or cyclic N) is 1. The van der Waals surface area contributed by atoms with Gasteiger partial charge in [-0.3, -0.25) is 4.79 Å². The van der Waals surface area contributed by atoms with Gasteiger partial charge in [-0.15, -0.1) is 0 Å². The first kappa shape index (κ1) is 16.8. The molecule has 2 rings (SSSR count). The largest absolute Gasteiger partial charge is 0.491 e. The Morgan fingerprint density at radius 1 is 1.41 bits per heavy atom. The lowest BCUT2D eigenvalue weighted by Gasteiger charge is -2.31. The number of hydrogen-bond acceptors (Lipinski definition) is 4. The summed E-state index contributed by atoms with van der Waals surface area (Å²) in [5.41, 5.74) is 5.99. The third-order valence-corrected chi connectivity index (χ3v) is 4.11. The average molecular weight is 306 g/mol. The smallest absolute Gasteiger partial charge is 0.221 e. The van der Waals surface area contributed by atoms with Crippen molar-refractivity contribution in [2.45, 2.75) is 32.3 Å². The van der Waals surface area contributed by atoms with Crippen molar-refractivity contribution < 1.29 is 14.6 Å². The summed E-state index contributed by atoms with van der Waals surface area (Å²) in [5.74, 6) is 1.01. The van der Waals surface area contributed by atoms with Gasteiger partial charge in [-0.25, -0.2) is 0 Å². The second-order valence-electron chi connectivity index (χ2n) is 6.20. The number of piperidine rings is 1. The quantitative estimate of drug-likeness (QED) is 0.793. The molecule has 1 heterocycles. The molecule has 1 unspecified atom stereocenters. The Balaban J connectivity index is 1.81. The first-order chi connectivity index (χ1) is 10.5. The molecule has 22 heavy (non-hydrogen) atoms. The molecule has 0 aliphatic carbocycles. The highest BCUT2D eigenvalue weighted by Gasteiger charge is 2.18. The molecule has 5 nitrogen and oxygen atoms in total. The molecule has 122 valence electrons. The van der Waals surface area contributed by atoms with Crippen LogP contribution in [0.25, 0.3) is 0 Å². The van der Waals surface area contributed by atoms with Crippen LogP contribution in [0, 0.1) is 5.92 Å². The molecule has 0 aromatic heterocycles. The molecule has 1 fully saturated rings. The van der Waals surface area contributed by atoms with Gasteiger partial charge in [-0.2, -0.15) is 0 Å². The maximum atomic E-state index is 11.1. The number of carbonyl (C=O) groups is 1. The Kier molecular flexibility index (Phi) is 6.21. The van der Waals surface area contributed by atoms with Crippen molar-refractivity contribution in [1.29, 1.82) is 0 Å². The molecular weight excluding hydrogens is 280 g/mol. The van der Waals surface area contributed by atoms with Crippen LogP contribution in [-0.4, -0.2) is 48.3 Å². The number of rotatable bonds is 7. The van der Waals surface area contributed by atoms with Gasteiger partial charge < -0.3 is 20.5 Å². The third kappa shape index (κ3) is 5.31. The molecule has 1 aromatic rings. The normalized spacial score (nSPS) is 18.1. The van der Waals surface area contributed by atoms with E-state index in [1.165, 1.54) is 12.8 Å². The van der Waals surface area contributed by atoms with E-state index in [2.05, 4.69) is 11.8 Å². The first-order valence-corrected chi connectivity index (χ1v) is 7.94. The fourth-order valence-electron chi connectivity index (χ4n) is 2.76. The molecule has 3 N–H and O–H groups in total. The molecule has 0 bridgehead atoms. The standard InChI is InChI=1S/C17H26N2O3/c1-13-6-8-19(9-7-13)11-15(20)12-22-16-5-3-2-4-14(16)10-17(18)21/h2-5,13,15,20H,6-12H2,1H3,(H2,18,21). The molecule has 1 aliphatic rings. The average Bonchev–Trinajstić information content (AvgIpc) is 2.48. The van der Waals surface area contributed by atoms with Crippen LogP contribution in [0.4, 0.5) is 0 Å². The molecule has 1 atom stereocenters. The van der Waals surface area contributed by atoms with Gasteiger partial charge in [0.05, 0.1) is 6.42 Å². The second kappa shape index (κ2) is 8.15. The molecule has 1 saturated heterocycles. The zero-order chi connectivity index (χ0) is 15.9. The molecule has 1 amide bonds. The second-order valence-corrected chi connectivity index (χ2v) is 6.20. The number of nitrogens with two attached hydrogens (primary N) is 1. The van der Waals surface area contributed by atoms with Gasteiger partial charge in [-0.05, 0) is 37.9 Å². The predicted octanol–water partition coefficient (Wildman–Crippen LogP) is 1.19. The molecule has 0 radical (unpaired) electrons. The van der Waals surface area contributed by atoms with Crippen molar-refractivity contribution in [3.63, 3.8) is 0 Å². The lowest BCUT2D eigenvalue weighted by atomic mass is 9.99. The van der Waals surface area contributed by atoms with E-state index in [0.29, 0.717) is 12.3 Å². The van der Waals surface area contributed by atoms with Crippen LogP contribution in [0.15, 0.2) is 24.3 Å². The van der Waals surface area contributed by atoms with Gasteiger partial charge in [0.25, 0.3) is 0 Å². The van der Waals surface area contributed by atoms with Crippen LogP contribution in [0.2, 0.25) is 0 Å². The van der Waals surface area contributed by atoms with Crippen LogP contribution in [0.3, 0.4) is 0 Å². The highest BCUT2D eigenvalue weighted by Crippen LogP contribution is 2.19. The fraction of sp³-hybridized carbons (Fsp3) is 0.588. The number of likely N-dealkylation sites (tertiary alicyclic amines) is 1. The van der Waals surface area contributed by atoms with E-state index < -0.39 is 6.10 Å². The monoisotopic (exact) mass is 306 g/mol. The van der Waals surface area contributed by atoms with Crippen LogP contribution in [0.1, 0.15) is 25.3 Å². The van der Waals surface area contributed by atoms with Crippen LogP contribution in [0.5, 0.6) is 5.75 Å². The van der Waals surface area contributed by atoms with Crippen LogP contribution < -0.4 is 10.5 Å². The van der Waals surface area contributed by atoms with Gasteiger partial charge in [0.15, 0.2) is 0 Å². The van der Waals surface area contributed by atoms with Crippen LogP contribution in [-0.2, 0) is 11.2 Å². The van der Waals surface area contributed by atoms with Crippen molar-refractivity contribution in [1.82, 2.24) is 4.90 Å². The van der Waals surface area contributed by atoms with Crippen molar-refractivity contribution in [2.75, 3.05) is 26.2 Å². The van der Waals surface area contributed by atoms with E-state index in [1.54, 1.807) is 6.07 Å². The maximum absolute atomic E-state index is 11.1. The molecule has 5 heteroatoms. The predicted molar refractivity (Wildman–Crippen MR) is 85.7 cm³/mol. The van der Waals surface area contributed by atoms with Crippen molar-refractivity contribution in [2.24, 2.45) is 11.7 Å². The Labute approximate surface area is 132 Å². The summed E-state index contributed by atoms with van der Waals surface area (Å²) in [6.45, 7) is 5.20. The number of amides is 1. The zero-order valence-electron chi connectivity index (χ0n) is 13.2. The van der Waals surface area contributed by atoms with E-state index in [9.17, 15) is 9.90 Å². The number of carbonyl (C=O) groups excluding carboxylic acids is 1. The Morgan fingerprint density at radius 3 is 2.77 bits per heavy atom. The summed E-state index contributed by atoms with van der Waals surface area (Å²) in [4.78, 5) is 13.3. The van der Waals surface area contributed by atoms with E-state index in [1.807, 2.05) is 18.2 Å². The van der Waals surface area contributed by atoms with Gasteiger partial charge >= 0.3 is 0 Å². The first-order valence-electron chi connectivity index (χ1n) is 7.94. The zero-order valence-corrected chi connectivity index (χ0v) is 13.2. The number of hydrogen-bond donors (Lipinski definition) is 2. The molecule has 0 saturated carbocycles. The van der Waals surface area contributed by atoms with E-state index in [4.69, 9.17) is 10.5 Å². The minimum atomic E-state index is -0.532. The summed E-state index contributed by atoms with van der Waals surface area (Å²) in [6.07, 6.45) is 2.00. The minimum Gasteiger partial charge on any atom is -0.491 e. The van der Waals surface area contributed by atoms with Crippen molar-refractivity contribution in [3.8, 4) is 5.75 Å². The highest BCUT2D eigenvalue weighted by atomic mass is 16.5. The van der Waals surface area contributed by atoms with E-state index >= 15 is 0 Å². The van der Waals surface area contributed by atoms with Gasteiger partial charge in [0.1, 0.15) is 18.5 Å². The number of para-hydroxylation sites is 1. The Morgan fingerprint density at radius 2 is 2.09 bits per heavy atom. The van der Waals surface area contributed by atoms with Gasteiger partial charge in [0.2, 0.25) is 5.91 Å². The summed E-state index contributed by atoms with van der Waals surface area (Å²) >= 11 is 0. The minimum absolute atomic E-state index is 0.149. The van der Waals surface area contributed by atoms with Gasteiger partial charge in [-0.1, -0.05) is 25.1 Å². The number of benzene rings is 1. The third-order valence-electron chi connectivity index (χ3n) is 4.11. The maximum Gasteiger partial charge on any atom is 0.221 e. The number of nitrogens with zero attached hydrogens (tertiary/aromatic N) is 1. The molecule has 1 aromatic carbocycles. The van der Waals surface area contributed by atoms with Crippen molar-refractivity contribution >= 4 is 5.91 Å². The Hall–Kier alpha value is -1.59. The lowest BCUT2D eigenvalue weighted by molar-refractivity contribution is -0.117. The van der Waals surface area contributed by atoms with E-state index in [-0.39, 0.29) is 18.9 Å². The molecule has 0 spiro atoms. The number of aliphatic hydroxyl groups is 1. The summed E-state index contributed by atoms with van der Waals surface area (Å²) in [6, 6.07) is 7.31. The van der Waals surface area contributed by atoms with Gasteiger partial charge in [0, 0.05) is 12.1 Å². The lowest BCUT2D eigenvalue weighted by Crippen LogP contribution is -2.40. The molecule has 1 aliphatic heterocycles. The fourth-order valence-corrected chi connectivity index (χ4v) is 2.76. The SMILES string of the molecule is CC1CCN(CC(O)COc2ccccc2CC(N)=O)CC1. The van der Waals surface area contributed by atoms with Crippen molar-refractivity contribution in [3.05, 3.63) is 29.8 Å². The number of primary amides is 1. The summed E-state index contributed by atoms with van der Waals surface area (Å²) in [7, 11) is 0. The number of ether oxygens (including phenoxy) is 1. The molecular formula is C17H26N2O3. The van der Waals surface area contributed by atoms with Crippen LogP contribution >= 0.6 is 0 Å². The topological polar surface area (TPSA) is 75.8 Å².